The average molecular weight is 666 g/mol. The second kappa shape index (κ2) is 15.3. The van der Waals surface area contributed by atoms with Gasteiger partial charge >= 0.3 is 6.18 Å². The van der Waals surface area contributed by atoms with Gasteiger partial charge in [0, 0.05) is 19.0 Å². The summed E-state index contributed by atoms with van der Waals surface area (Å²) in [5, 5.41) is 2.96. The molecule has 0 aliphatic rings. The zero-order valence-corrected chi connectivity index (χ0v) is 27.3. The summed E-state index contributed by atoms with van der Waals surface area (Å²) < 4.78 is 70.0. The summed E-state index contributed by atoms with van der Waals surface area (Å²) in [5.74, 6) is -1.19. The number of halogens is 3. The van der Waals surface area contributed by atoms with Gasteiger partial charge < -0.3 is 10.2 Å². The van der Waals surface area contributed by atoms with Crippen LogP contribution in [0, 0.1) is 6.92 Å². The number of nitrogens with one attached hydrogen (secondary N) is 1. The molecule has 4 rings (SSSR count). The zero-order valence-electron chi connectivity index (χ0n) is 26.4. The largest absolute Gasteiger partial charge is 0.416 e. The molecule has 0 unspecified atom stereocenters. The van der Waals surface area contributed by atoms with Crippen molar-refractivity contribution < 1.29 is 31.2 Å². The highest BCUT2D eigenvalue weighted by atomic mass is 32.2. The number of hydrogen-bond acceptors (Lipinski definition) is 4. The molecule has 0 radical (unpaired) electrons. The van der Waals surface area contributed by atoms with Crippen molar-refractivity contribution in [2.75, 3.05) is 10.8 Å². The second-order valence-electron chi connectivity index (χ2n) is 11.4. The molecule has 0 aliphatic carbocycles. The van der Waals surface area contributed by atoms with Gasteiger partial charge in [-0.2, -0.15) is 13.2 Å². The lowest BCUT2D eigenvalue weighted by molar-refractivity contribution is -0.140. The van der Waals surface area contributed by atoms with Gasteiger partial charge in [-0.25, -0.2) is 8.42 Å². The van der Waals surface area contributed by atoms with Crippen LogP contribution in [0.15, 0.2) is 114 Å². The number of alkyl halides is 3. The normalized spacial score (nSPS) is 13.0. The van der Waals surface area contributed by atoms with Crippen LogP contribution < -0.4 is 9.62 Å². The van der Waals surface area contributed by atoms with Gasteiger partial charge in [0.1, 0.15) is 12.6 Å². The van der Waals surface area contributed by atoms with E-state index in [1.165, 1.54) is 35.2 Å². The van der Waals surface area contributed by atoms with Gasteiger partial charge in [0.05, 0.1) is 16.1 Å². The Labute approximate surface area is 274 Å². The van der Waals surface area contributed by atoms with Crippen LogP contribution >= 0.6 is 0 Å². The molecule has 1 N–H and O–H groups in total. The standard InChI is InChI=1S/C36H38F3N3O4S/c1-4-27(3)40-35(44)33(22-28-12-7-5-8-13-28)41(24-29-20-18-26(2)19-21-29)34(43)25-42(47(45,46)32-16-9-6-10-17-32)31-15-11-14-30(23-31)36(37,38)39/h5-21,23,27,33H,4,22,24-25H2,1-3H3,(H,40,44)/t27-,33+/m1/s1. The van der Waals surface area contributed by atoms with Crippen LogP contribution in [0.4, 0.5) is 18.9 Å². The number of hydrogen-bond donors (Lipinski definition) is 1. The van der Waals surface area contributed by atoms with Crippen molar-refractivity contribution in [2.45, 2.75) is 63.3 Å². The molecule has 0 saturated heterocycles. The van der Waals surface area contributed by atoms with E-state index in [1.807, 2.05) is 75.4 Å². The molecule has 47 heavy (non-hydrogen) atoms. The van der Waals surface area contributed by atoms with E-state index < -0.39 is 46.2 Å². The average Bonchev–Trinajstić information content (AvgIpc) is 3.06. The summed E-state index contributed by atoms with van der Waals surface area (Å²) in [6.07, 6.45) is -4.00. The minimum absolute atomic E-state index is 0.0493. The molecule has 248 valence electrons. The number of rotatable bonds is 13. The Bertz CT molecular complexity index is 1750. The highest BCUT2D eigenvalue weighted by molar-refractivity contribution is 7.92. The van der Waals surface area contributed by atoms with Crippen LogP contribution in [0.3, 0.4) is 0 Å². The maximum atomic E-state index is 14.5. The third-order valence-electron chi connectivity index (χ3n) is 7.82. The van der Waals surface area contributed by atoms with E-state index >= 15 is 0 Å². The lowest BCUT2D eigenvalue weighted by Gasteiger charge is -2.34. The molecule has 0 aliphatic heterocycles. The van der Waals surface area contributed by atoms with Gasteiger partial charge in [-0.3, -0.25) is 13.9 Å². The predicted octanol–water partition coefficient (Wildman–Crippen LogP) is 6.76. The first kappa shape index (κ1) is 35.2. The Hall–Kier alpha value is -4.64. The summed E-state index contributed by atoms with van der Waals surface area (Å²) in [6, 6.07) is 26.2. The third-order valence-corrected chi connectivity index (χ3v) is 9.61. The Morgan fingerprint density at radius 2 is 1.45 bits per heavy atom. The highest BCUT2D eigenvalue weighted by Gasteiger charge is 2.36. The van der Waals surface area contributed by atoms with Crippen molar-refractivity contribution in [1.82, 2.24) is 10.2 Å². The van der Waals surface area contributed by atoms with Crippen LogP contribution in [0.2, 0.25) is 0 Å². The number of amides is 2. The first-order chi connectivity index (χ1) is 22.3. The Kier molecular flexibility index (Phi) is 11.5. The van der Waals surface area contributed by atoms with E-state index in [2.05, 4.69) is 5.32 Å². The van der Waals surface area contributed by atoms with E-state index in [9.17, 15) is 31.2 Å². The molecule has 0 aromatic heterocycles. The molecule has 2 atom stereocenters. The maximum absolute atomic E-state index is 14.5. The first-order valence-corrected chi connectivity index (χ1v) is 16.7. The number of benzene rings is 4. The molecule has 11 heteroatoms. The number of nitrogens with zero attached hydrogens (tertiary/aromatic N) is 2. The fourth-order valence-corrected chi connectivity index (χ4v) is 6.40. The van der Waals surface area contributed by atoms with Crippen molar-refractivity contribution in [2.24, 2.45) is 0 Å². The molecule has 7 nitrogen and oxygen atoms in total. The highest BCUT2D eigenvalue weighted by Crippen LogP contribution is 2.33. The number of carbonyl (C=O) groups excluding carboxylic acids is 2. The van der Waals surface area contributed by atoms with Gasteiger partial charge in [0.2, 0.25) is 11.8 Å². The maximum Gasteiger partial charge on any atom is 0.416 e. The van der Waals surface area contributed by atoms with Crippen molar-refractivity contribution in [1.29, 1.82) is 0 Å². The third kappa shape index (κ3) is 9.22. The molecular formula is C36H38F3N3O4S. The van der Waals surface area contributed by atoms with Gasteiger partial charge in [-0.1, -0.05) is 91.3 Å². The van der Waals surface area contributed by atoms with Crippen molar-refractivity contribution in [3.8, 4) is 0 Å². The number of sulfonamides is 1. The quantitative estimate of drug-likeness (QED) is 0.171. The number of carbonyl (C=O) groups is 2. The minimum atomic E-state index is -4.76. The number of aryl methyl sites for hydroxylation is 1. The molecule has 4 aromatic rings. The molecule has 0 saturated carbocycles. The zero-order chi connectivity index (χ0) is 34.2. The first-order valence-electron chi connectivity index (χ1n) is 15.2. The lowest BCUT2D eigenvalue weighted by Crippen LogP contribution is -2.54. The Balaban J connectivity index is 1.84. The fourth-order valence-electron chi connectivity index (χ4n) is 4.97. The van der Waals surface area contributed by atoms with E-state index in [0.717, 1.165) is 23.3 Å². The van der Waals surface area contributed by atoms with Crippen LogP contribution in [0.1, 0.15) is 42.5 Å². The van der Waals surface area contributed by atoms with Gasteiger partial charge in [-0.15, -0.1) is 0 Å². The molecule has 2 amide bonds. The van der Waals surface area contributed by atoms with E-state index in [0.29, 0.717) is 22.4 Å². The lowest BCUT2D eigenvalue weighted by atomic mass is 10.0. The summed E-state index contributed by atoms with van der Waals surface area (Å²) >= 11 is 0. The summed E-state index contributed by atoms with van der Waals surface area (Å²) in [7, 11) is -4.53. The topological polar surface area (TPSA) is 86.8 Å². The predicted molar refractivity (Wildman–Crippen MR) is 176 cm³/mol. The smallest absolute Gasteiger partial charge is 0.352 e. The Morgan fingerprint density at radius 3 is 2.04 bits per heavy atom. The van der Waals surface area contributed by atoms with E-state index in [4.69, 9.17) is 0 Å². The van der Waals surface area contributed by atoms with Crippen LogP contribution in [-0.4, -0.2) is 43.8 Å². The molecule has 0 heterocycles. The summed E-state index contributed by atoms with van der Waals surface area (Å²) in [4.78, 5) is 29.5. The van der Waals surface area contributed by atoms with Gasteiger partial charge in [-0.05, 0) is 61.7 Å². The van der Waals surface area contributed by atoms with Crippen molar-refractivity contribution in [3.63, 3.8) is 0 Å². The molecule has 4 aromatic carbocycles. The molecule has 0 fully saturated rings. The van der Waals surface area contributed by atoms with Gasteiger partial charge in [0.15, 0.2) is 0 Å². The molecular weight excluding hydrogens is 627 g/mol. The van der Waals surface area contributed by atoms with E-state index in [1.54, 1.807) is 6.07 Å². The van der Waals surface area contributed by atoms with Crippen molar-refractivity contribution in [3.05, 3.63) is 131 Å². The monoisotopic (exact) mass is 665 g/mol. The SMILES string of the molecule is CC[C@@H](C)NC(=O)[C@H](Cc1ccccc1)N(Cc1ccc(C)cc1)C(=O)CN(c1cccc(C(F)(F)F)c1)S(=O)(=O)c1ccccc1. The molecule has 0 spiro atoms. The van der Waals surface area contributed by atoms with Crippen molar-refractivity contribution >= 4 is 27.5 Å². The van der Waals surface area contributed by atoms with Crippen LogP contribution in [0.25, 0.3) is 0 Å². The van der Waals surface area contributed by atoms with Gasteiger partial charge in [0.25, 0.3) is 10.0 Å². The van der Waals surface area contributed by atoms with Crippen LogP contribution in [0.5, 0.6) is 0 Å². The van der Waals surface area contributed by atoms with E-state index in [-0.39, 0.29) is 29.6 Å². The summed E-state index contributed by atoms with van der Waals surface area (Å²) in [6.45, 7) is 4.75. The summed E-state index contributed by atoms with van der Waals surface area (Å²) in [5.41, 5.74) is 1.03. The second-order valence-corrected chi connectivity index (χ2v) is 13.3. The van der Waals surface area contributed by atoms with Crippen LogP contribution in [-0.2, 0) is 38.8 Å². The minimum Gasteiger partial charge on any atom is -0.352 e. The Morgan fingerprint density at radius 1 is 0.830 bits per heavy atom. The number of anilines is 1. The fraction of sp³-hybridized carbons (Fsp3) is 0.278. The molecule has 0 bridgehead atoms.